The molecule has 0 aromatic heterocycles. The number of nitrogens with one attached hydrogen (secondary N) is 1. The zero-order chi connectivity index (χ0) is 7.28. The van der Waals surface area contributed by atoms with Crippen LogP contribution in [0.2, 0.25) is 0 Å². The van der Waals surface area contributed by atoms with Crippen molar-refractivity contribution in [3.05, 3.63) is 6.92 Å². The van der Waals surface area contributed by atoms with E-state index in [1.54, 1.807) is 0 Å². The first kappa shape index (κ1) is 8.43. The SMILES string of the molecule is [CH2]C(=O)NCCN(C)C. The van der Waals surface area contributed by atoms with Crippen LogP contribution in [-0.2, 0) is 4.79 Å². The molecule has 0 saturated heterocycles. The smallest absolute Gasteiger partial charge is 0.220 e. The van der Waals surface area contributed by atoms with Crippen LogP contribution in [0.25, 0.3) is 0 Å². The van der Waals surface area contributed by atoms with E-state index in [2.05, 4.69) is 12.2 Å². The summed E-state index contributed by atoms with van der Waals surface area (Å²) < 4.78 is 0. The molecule has 0 aliphatic carbocycles. The second-order valence-corrected chi connectivity index (χ2v) is 2.15. The lowest BCUT2D eigenvalue weighted by atomic mass is 10.5. The van der Waals surface area contributed by atoms with E-state index < -0.39 is 0 Å². The van der Waals surface area contributed by atoms with E-state index in [1.165, 1.54) is 0 Å². The molecule has 1 N–H and O–H groups in total. The van der Waals surface area contributed by atoms with Crippen molar-refractivity contribution in [2.24, 2.45) is 0 Å². The van der Waals surface area contributed by atoms with Crippen LogP contribution in [0.1, 0.15) is 0 Å². The molecule has 0 bridgehead atoms. The molecule has 9 heavy (non-hydrogen) atoms. The molecule has 0 rings (SSSR count). The second kappa shape index (κ2) is 4.32. The first-order valence-corrected chi connectivity index (χ1v) is 2.87. The largest absolute Gasteiger partial charge is 0.355 e. The van der Waals surface area contributed by atoms with E-state index in [9.17, 15) is 4.79 Å². The number of likely N-dealkylation sites (N-methyl/N-ethyl adjacent to an activating group) is 1. The van der Waals surface area contributed by atoms with E-state index in [-0.39, 0.29) is 5.91 Å². The van der Waals surface area contributed by atoms with Gasteiger partial charge in [-0.15, -0.1) is 0 Å². The molecular weight excluding hydrogens is 116 g/mol. The van der Waals surface area contributed by atoms with Crippen LogP contribution >= 0.6 is 0 Å². The molecule has 0 aliphatic rings. The number of hydrogen-bond donors (Lipinski definition) is 1. The third kappa shape index (κ3) is 7.43. The summed E-state index contributed by atoms with van der Waals surface area (Å²) in [5.41, 5.74) is 0. The van der Waals surface area contributed by atoms with Gasteiger partial charge in [-0.1, -0.05) is 0 Å². The highest BCUT2D eigenvalue weighted by Gasteiger charge is 1.90. The number of amides is 1. The van der Waals surface area contributed by atoms with Crippen LogP contribution in [0.5, 0.6) is 0 Å². The van der Waals surface area contributed by atoms with Crippen LogP contribution in [-0.4, -0.2) is 38.0 Å². The quantitative estimate of drug-likeness (QED) is 0.557. The molecule has 3 nitrogen and oxygen atoms in total. The van der Waals surface area contributed by atoms with E-state index in [4.69, 9.17) is 0 Å². The van der Waals surface area contributed by atoms with Gasteiger partial charge in [0.15, 0.2) is 0 Å². The fraction of sp³-hybridized carbons (Fsp3) is 0.667. The van der Waals surface area contributed by atoms with Crippen LogP contribution in [0.4, 0.5) is 0 Å². The molecule has 0 aromatic carbocycles. The topological polar surface area (TPSA) is 32.3 Å². The van der Waals surface area contributed by atoms with Gasteiger partial charge in [0, 0.05) is 20.0 Å². The van der Waals surface area contributed by atoms with Gasteiger partial charge in [-0.25, -0.2) is 0 Å². The third-order valence-corrected chi connectivity index (χ3v) is 0.881. The molecule has 3 heteroatoms. The average Bonchev–Trinajstić information content (AvgIpc) is 1.63. The van der Waals surface area contributed by atoms with Crippen molar-refractivity contribution < 1.29 is 4.79 Å². The van der Waals surface area contributed by atoms with E-state index in [1.807, 2.05) is 19.0 Å². The van der Waals surface area contributed by atoms with Crippen molar-refractivity contribution in [1.29, 1.82) is 0 Å². The van der Waals surface area contributed by atoms with Gasteiger partial charge >= 0.3 is 0 Å². The van der Waals surface area contributed by atoms with Crippen molar-refractivity contribution in [2.75, 3.05) is 27.2 Å². The summed E-state index contributed by atoms with van der Waals surface area (Å²) in [5, 5.41) is 2.59. The van der Waals surface area contributed by atoms with Gasteiger partial charge in [0.05, 0.1) is 0 Å². The molecule has 53 valence electrons. The summed E-state index contributed by atoms with van der Waals surface area (Å²) in [7, 11) is 3.91. The molecule has 0 spiro atoms. The number of rotatable bonds is 3. The Balaban J connectivity index is 3.01. The monoisotopic (exact) mass is 129 g/mol. The number of carbonyl (C=O) groups excluding carboxylic acids is 1. The Morgan fingerprint density at radius 2 is 2.22 bits per heavy atom. The number of carbonyl (C=O) groups is 1. The highest BCUT2D eigenvalue weighted by molar-refractivity contribution is 5.79. The first-order valence-electron chi connectivity index (χ1n) is 2.87. The normalized spacial score (nSPS) is 9.78. The van der Waals surface area contributed by atoms with Gasteiger partial charge in [0.25, 0.3) is 0 Å². The molecule has 0 aromatic rings. The Kier molecular flexibility index (Phi) is 4.05. The van der Waals surface area contributed by atoms with Crippen molar-refractivity contribution in [1.82, 2.24) is 10.2 Å². The molecule has 0 fully saturated rings. The molecule has 1 radical (unpaired) electrons. The Hall–Kier alpha value is -0.570. The Bertz CT molecular complexity index is 91.1. The van der Waals surface area contributed by atoms with Crippen LogP contribution in [0, 0.1) is 6.92 Å². The molecule has 0 saturated carbocycles. The second-order valence-electron chi connectivity index (χ2n) is 2.15. The van der Waals surface area contributed by atoms with Crippen LogP contribution in [0.15, 0.2) is 0 Å². The summed E-state index contributed by atoms with van der Waals surface area (Å²) in [6.45, 7) is 4.71. The lowest BCUT2D eigenvalue weighted by Crippen LogP contribution is -2.29. The fourth-order valence-electron chi connectivity index (χ4n) is 0.419. The van der Waals surface area contributed by atoms with Gasteiger partial charge in [0.1, 0.15) is 0 Å². The first-order chi connectivity index (χ1) is 4.13. The maximum Gasteiger partial charge on any atom is 0.220 e. The zero-order valence-electron chi connectivity index (χ0n) is 5.98. The highest BCUT2D eigenvalue weighted by atomic mass is 16.1. The molecule has 0 heterocycles. The number of hydrogen-bond acceptors (Lipinski definition) is 2. The third-order valence-electron chi connectivity index (χ3n) is 0.881. The van der Waals surface area contributed by atoms with Gasteiger partial charge in [-0.05, 0) is 14.1 Å². The average molecular weight is 129 g/mol. The molecular formula is C6H13N2O. The van der Waals surface area contributed by atoms with Gasteiger partial charge in [-0.2, -0.15) is 0 Å². The lowest BCUT2D eigenvalue weighted by Gasteiger charge is -2.08. The summed E-state index contributed by atoms with van der Waals surface area (Å²) in [4.78, 5) is 12.2. The minimum Gasteiger partial charge on any atom is -0.355 e. The predicted molar refractivity (Wildman–Crippen MR) is 36.9 cm³/mol. The van der Waals surface area contributed by atoms with Crippen LogP contribution in [0.3, 0.4) is 0 Å². The maximum atomic E-state index is 10.2. The van der Waals surface area contributed by atoms with Gasteiger partial charge in [0.2, 0.25) is 5.91 Å². The fourth-order valence-corrected chi connectivity index (χ4v) is 0.419. The van der Waals surface area contributed by atoms with E-state index >= 15 is 0 Å². The van der Waals surface area contributed by atoms with E-state index in [0.29, 0.717) is 6.54 Å². The van der Waals surface area contributed by atoms with Crippen molar-refractivity contribution in [3.63, 3.8) is 0 Å². The van der Waals surface area contributed by atoms with Crippen molar-refractivity contribution in [2.45, 2.75) is 0 Å². The zero-order valence-corrected chi connectivity index (χ0v) is 5.98. The summed E-state index contributed by atoms with van der Waals surface area (Å²) >= 11 is 0. The molecule has 0 atom stereocenters. The highest BCUT2D eigenvalue weighted by Crippen LogP contribution is 1.69. The predicted octanol–water partition coefficient (Wildman–Crippen LogP) is -0.502. The molecule has 0 aliphatic heterocycles. The Morgan fingerprint density at radius 1 is 1.67 bits per heavy atom. The minimum absolute atomic E-state index is 0.211. The summed E-state index contributed by atoms with van der Waals surface area (Å²) in [6.07, 6.45) is 0. The standard InChI is InChI=1S/C6H13N2O/c1-6(9)7-4-5-8(2)3/h1,4-5H2,2-3H3,(H,7,9). The number of nitrogens with zero attached hydrogens (tertiary/aromatic N) is 1. The minimum atomic E-state index is -0.211. The molecule has 0 unspecified atom stereocenters. The van der Waals surface area contributed by atoms with Crippen molar-refractivity contribution in [3.8, 4) is 0 Å². The Morgan fingerprint density at radius 3 is 2.56 bits per heavy atom. The maximum absolute atomic E-state index is 10.2. The Labute approximate surface area is 56.0 Å². The van der Waals surface area contributed by atoms with Gasteiger partial charge < -0.3 is 10.2 Å². The molecule has 1 amide bonds. The lowest BCUT2D eigenvalue weighted by molar-refractivity contribution is -0.116. The van der Waals surface area contributed by atoms with E-state index in [0.717, 1.165) is 6.54 Å². The van der Waals surface area contributed by atoms with Gasteiger partial charge in [-0.3, -0.25) is 4.79 Å². The van der Waals surface area contributed by atoms with Crippen molar-refractivity contribution >= 4 is 5.91 Å². The van der Waals surface area contributed by atoms with Crippen LogP contribution < -0.4 is 5.32 Å². The summed E-state index contributed by atoms with van der Waals surface area (Å²) in [5.74, 6) is -0.211. The summed E-state index contributed by atoms with van der Waals surface area (Å²) in [6, 6.07) is 0.